The lowest BCUT2D eigenvalue weighted by molar-refractivity contribution is 0.606. The summed E-state index contributed by atoms with van der Waals surface area (Å²) in [6.07, 6.45) is 0. The number of aryl methyl sites for hydroxylation is 2. The van der Waals surface area contributed by atoms with E-state index in [0.717, 1.165) is 20.6 Å². The fourth-order valence-corrected chi connectivity index (χ4v) is 2.74. The second-order valence-electron chi connectivity index (χ2n) is 4.88. The van der Waals surface area contributed by atoms with Crippen LogP contribution in [0.4, 0.5) is 4.39 Å². The Morgan fingerprint density at radius 3 is 2.40 bits per heavy atom. The summed E-state index contributed by atoms with van der Waals surface area (Å²) in [6.45, 7) is 4.98. The second kappa shape index (κ2) is 6.70. The first kappa shape index (κ1) is 15.5. The summed E-state index contributed by atoms with van der Waals surface area (Å²) in [7, 11) is 0. The van der Waals surface area contributed by atoms with E-state index in [-0.39, 0.29) is 5.82 Å². The molecule has 0 aliphatic carbocycles. The first-order valence-electron chi connectivity index (χ1n) is 6.37. The van der Waals surface area contributed by atoms with Gasteiger partial charge in [-0.3, -0.25) is 0 Å². The number of rotatable bonds is 4. The van der Waals surface area contributed by atoms with Gasteiger partial charge in [-0.2, -0.15) is 0 Å². The minimum absolute atomic E-state index is 0.119. The van der Waals surface area contributed by atoms with E-state index >= 15 is 0 Å². The van der Waals surface area contributed by atoms with Crippen LogP contribution in [0.15, 0.2) is 34.8 Å². The molecule has 0 amide bonds. The van der Waals surface area contributed by atoms with Crippen LogP contribution in [0.3, 0.4) is 0 Å². The van der Waals surface area contributed by atoms with Gasteiger partial charge in [0.25, 0.3) is 0 Å². The molecule has 0 fully saturated rings. The highest BCUT2D eigenvalue weighted by molar-refractivity contribution is 9.10. The number of benzene rings is 2. The molecule has 0 aliphatic rings. The second-order valence-corrected chi connectivity index (χ2v) is 6.17. The van der Waals surface area contributed by atoms with Crippen molar-refractivity contribution in [3.05, 3.63) is 67.9 Å². The van der Waals surface area contributed by atoms with Crippen molar-refractivity contribution < 1.29 is 4.39 Å². The summed E-state index contributed by atoms with van der Waals surface area (Å²) >= 11 is 9.48. The molecular weight excluding hydrogens is 341 g/mol. The average Bonchev–Trinajstić information content (AvgIpc) is 2.40. The maximum Gasteiger partial charge on any atom is 0.129 e. The Morgan fingerprint density at radius 1 is 1.10 bits per heavy atom. The van der Waals surface area contributed by atoms with Crippen molar-refractivity contribution in [3.8, 4) is 0 Å². The molecule has 20 heavy (non-hydrogen) atoms. The molecule has 0 saturated carbocycles. The molecule has 106 valence electrons. The predicted octanol–water partition coefficient (Wildman–Crippen LogP) is 5.15. The first-order valence-corrected chi connectivity index (χ1v) is 7.54. The van der Waals surface area contributed by atoms with E-state index in [1.54, 1.807) is 13.8 Å². The van der Waals surface area contributed by atoms with Crippen LogP contribution in [-0.2, 0) is 13.1 Å². The van der Waals surface area contributed by atoms with Crippen LogP contribution in [0.25, 0.3) is 0 Å². The number of hydrogen-bond acceptors (Lipinski definition) is 1. The third-order valence-corrected chi connectivity index (χ3v) is 4.16. The van der Waals surface area contributed by atoms with Gasteiger partial charge in [0, 0.05) is 22.6 Å². The standard InChI is InChI=1S/C16H16BrClFN/c1-10-5-12(6-11(2)16(10)19)8-20-9-13-7-14(18)3-4-15(13)17/h3-7,20H,8-9H2,1-2H3. The number of hydrogen-bond donors (Lipinski definition) is 1. The molecule has 2 aromatic carbocycles. The Kier molecular flexibility index (Phi) is 5.19. The molecule has 0 atom stereocenters. The lowest BCUT2D eigenvalue weighted by atomic mass is 10.1. The molecule has 0 radical (unpaired) electrons. The van der Waals surface area contributed by atoms with E-state index in [1.165, 1.54) is 0 Å². The smallest absolute Gasteiger partial charge is 0.129 e. The number of nitrogens with one attached hydrogen (secondary N) is 1. The Balaban J connectivity index is 2.01. The van der Waals surface area contributed by atoms with Gasteiger partial charge in [0.1, 0.15) is 5.82 Å². The van der Waals surface area contributed by atoms with Crippen LogP contribution in [-0.4, -0.2) is 0 Å². The SMILES string of the molecule is Cc1cc(CNCc2cc(Cl)ccc2Br)cc(C)c1F. The predicted molar refractivity (Wildman–Crippen MR) is 85.6 cm³/mol. The Bertz CT molecular complexity index is 605. The summed E-state index contributed by atoms with van der Waals surface area (Å²) in [5, 5.41) is 4.07. The first-order chi connectivity index (χ1) is 9.47. The molecule has 0 aromatic heterocycles. The van der Waals surface area contributed by atoms with Gasteiger partial charge in [-0.1, -0.05) is 39.7 Å². The van der Waals surface area contributed by atoms with E-state index in [2.05, 4.69) is 21.2 Å². The minimum Gasteiger partial charge on any atom is -0.309 e. The van der Waals surface area contributed by atoms with Crippen LogP contribution >= 0.6 is 27.5 Å². The molecule has 0 bridgehead atoms. The Hall–Kier alpha value is -0.900. The van der Waals surface area contributed by atoms with Crippen molar-refractivity contribution in [2.24, 2.45) is 0 Å². The van der Waals surface area contributed by atoms with E-state index in [1.807, 2.05) is 30.3 Å². The lowest BCUT2D eigenvalue weighted by Crippen LogP contribution is -2.13. The van der Waals surface area contributed by atoms with E-state index in [0.29, 0.717) is 24.2 Å². The maximum absolute atomic E-state index is 13.6. The zero-order valence-corrected chi connectivity index (χ0v) is 13.8. The molecule has 0 unspecified atom stereocenters. The fourth-order valence-electron chi connectivity index (χ4n) is 2.16. The van der Waals surface area contributed by atoms with Gasteiger partial charge in [0.05, 0.1) is 0 Å². The van der Waals surface area contributed by atoms with Gasteiger partial charge in [-0.25, -0.2) is 4.39 Å². The summed E-state index contributed by atoms with van der Waals surface area (Å²) in [4.78, 5) is 0. The molecule has 1 nitrogen and oxygen atoms in total. The van der Waals surface area contributed by atoms with Crippen molar-refractivity contribution in [1.82, 2.24) is 5.32 Å². The van der Waals surface area contributed by atoms with Gasteiger partial charge in [0.15, 0.2) is 0 Å². The fraction of sp³-hybridized carbons (Fsp3) is 0.250. The normalized spacial score (nSPS) is 10.8. The largest absolute Gasteiger partial charge is 0.309 e. The highest BCUT2D eigenvalue weighted by Crippen LogP contribution is 2.21. The zero-order valence-electron chi connectivity index (χ0n) is 11.4. The van der Waals surface area contributed by atoms with Crippen molar-refractivity contribution in [3.63, 3.8) is 0 Å². The topological polar surface area (TPSA) is 12.0 Å². The summed E-state index contributed by atoms with van der Waals surface area (Å²) < 4.78 is 14.6. The van der Waals surface area contributed by atoms with Gasteiger partial charge in [-0.05, 0) is 54.3 Å². The molecular formula is C16H16BrClFN. The third kappa shape index (κ3) is 3.81. The van der Waals surface area contributed by atoms with E-state index < -0.39 is 0 Å². The Labute approximate surface area is 132 Å². The molecule has 4 heteroatoms. The monoisotopic (exact) mass is 355 g/mol. The summed E-state index contributed by atoms with van der Waals surface area (Å²) in [6, 6.07) is 9.47. The van der Waals surface area contributed by atoms with E-state index in [4.69, 9.17) is 11.6 Å². The van der Waals surface area contributed by atoms with Crippen LogP contribution in [0.1, 0.15) is 22.3 Å². The van der Waals surface area contributed by atoms with E-state index in [9.17, 15) is 4.39 Å². The van der Waals surface area contributed by atoms with Crippen LogP contribution in [0.5, 0.6) is 0 Å². The van der Waals surface area contributed by atoms with Crippen molar-refractivity contribution in [2.45, 2.75) is 26.9 Å². The third-order valence-electron chi connectivity index (χ3n) is 3.15. The highest BCUT2D eigenvalue weighted by atomic mass is 79.9. The molecule has 0 heterocycles. The highest BCUT2D eigenvalue weighted by Gasteiger charge is 2.05. The van der Waals surface area contributed by atoms with Gasteiger partial charge < -0.3 is 5.32 Å². The number of halogens is 3. The van der Waals surface area contributed by atoms with Gasteiger partial charge in [-0.15, -0.1) is 0 Å². The average molecular weight is 357 g/mol. The maximum atomic E-state index is 13.6. The lowest BCUT2D eigenvalue weighted by Gasteiger charge is -2.10. The van der Waals surface area contributed by atoms with Gasteiger partial charge in [0.2, 0.25) is 0 Å². The molecule has 1 N–H and O–H groups in total. The Morgan fingerprint density at radius 2 is 1.75 bits per heavy atom. The molecule has 2 aromatic rings. The molecule has 0 aliphatic heterocycles. The molecule has 0 spiro atoms. The quantitative estimate of drug-likeness (QED) is 0.799. The van der Waals surface area contributed by atoms with Crippen molar-refractivity contribution in [2.75, 3.05) is 0 Å². The van der Waals surface area contributed by atoms with Crippen molar-refractivity contribution in [1.29, 1.82) is 0 Å². The van der Waals surface area contributed by atoms with Crippen LogP contribution < -0.4 is 5.32 Å². The van der Waals surface area contributed by atoms with Crippen molar-refractivity contribution >= 4 is 27.5 Å². The zero-order chi connectivity index (χ0) is 14.7. The van der Waals surface area contributed by atoms with Crippen LogP contribution in [0, 0.1) is 19.7 Å². The summed E-state index contributed by atoms with van der Waals surface area (Å²) in [5.41, 5.74) is 3.56. The minimum atomic E-state index is -0.119. The van der Waals surface area contributed by atoms with Crippen LogP contribution in [0.2, 0.25) is 5.02 Å². The molecule has 2 rings (SSSR count). The van der Waals surface area contributed by atoms with Gasteiger partial charge >= 0.3 is 0 Å². The molecule has 0 saturated heterocycles. The summed E-state index contributed by atoms with van der Waals surface area (Å²) in [5.74, 6) is -0.119.